The van der Waals surface area contributed by atoms with E-state index in [0.717, 1.165) is 22.8 Å². The highest BCUT2D eigenvalue weighted by Crippen LogP contribution is 2.35. The van der Waals surface area contributed by atoms with Gasteiger partial charge in [-0.15, -0.1) is 0 Å². The van der Waals surface area contributed by atoms with Crippen LogP contribution in [0.3, 0.4) is 0 Å². The Morgan fingerprint density at radius 2 is 1.82 bits per heavy atom. The lowest BCUT2D eigenvalue weighted by atomic mass is 10.2. The van der Waals surface area contributed by atoms with Gasteiger partial charge in [0.15, 0.2) is 15.8 Å². The molecule has 3 aromatic carbocycles. The van der Waals surface area contributed by atoms with Gasteiger partial charge in [0, 0.05) is 17.2 Å². The van der Waals surface area contributed by atoms with E-state index < -0.39 is 31.8 Å². The molecule has 1 N–H and O–H groups in total. The van der Waals surface area contributed by atoms with E-state index in [0.29, 0.717) is 16.7 Å². The minimum atomic E-state index is -4.43. The molecule has 4 rings (SSSR count). The maximum atomic E-state index is 12.9. The van der Waals surface area contributed by atoms with Crippen LogP contribution in [0.15, 0.2) is 76.5 Å². The Morgan fingerprint density at radius 1 is 1.10 bits per heavy atom. The van der Waals surface area contributed by atoms with E-state index in [1.807, 2.05) is 0 Å². The van der Waals surface area contributed by atoms with Crippen molar-refractivity contribution >= 4 is 62.0 Å². The number of hydrogen-bond donors (Lipinski definition) is 1. The second-order valence-electron chi connectivity index (χ2n) is 7.98. The van der Waals surface area contributed by atoms with Crippen molar-refractivity contribution in [1.82, 2.24) is 10.4 Å². The number of nitro benzene ring substituents is 1. The predicted molar refractivity (Wildman–Crippen MR) is 148 cm³/mol. The van der Waals surface area contributed by atoms with E-state index in [-0.39, 0.29) is 26.4 Å². The van der Waals surface area contributed by atoms with Gasteiger partial charge in [0.1, 0.15) is 4.90 Å². The third-order valence-corrected chi connectivity index (χ3v) is 7.93. The number of ether oxygens (including phenoxy) is 1. The number of hydrazine groups is 1. The van der Waals surface area contributed by atoms with Gasteiger partial charge in [0.2, 0.25) is 0 Å². The normalized spacial score (nSPS) is 14.4. The lowest BCUT2D eigenvalue weighted by Gasteiger charge is -2.15. The van der Waals surface area contributed by atoms with E-state index in [2.05, 4.69) is 5.43 Å². The molecule has 0 unspecified atom stereocenters. The van der Waals surface area contributed by atoms with Gasteiger partial charge in [-0.25, -0.2) is 0 Å². The monoisotopic (exact) mass is 585 g/mol. The van der Waals surface area contributed by atoms with Crippen molar-refractivity contribution in [2.45, 2.75) is 11.8 Å². The summed E-state index contributed by atoms with van der Waals surface area (Å²) in [6, 6.07) is 16.0. The fourth-order valence-electron chi connectivity index (χ4n) is 3.42. The zero-order chi connectivity index (χ0) is 28.3. The highest BCUT2D eigenvalue weighted by Gasteiger charge is 2.34. The van der Waals surface area contributed by atoms with Gasteiger partial charge < -0.3 is 8.92 Å². The molecular formula is C25H19N3O8S3. The second kappa shape index (κ2) is 11.2. The third-order valence-electron chi connectivity index (χ3n) is 5.39. The molecule has 0 aliphatic carbocycles. The van der Waals surface area contributed by atoms with Gasteiger partial charge >= 0.3 is 10.1 Å². The van der Waals surface area contributed by atoms with E-state index >= 15 is 0 Å². The molecule has 14 heteroatoms. The smallest absolute Gasteiger partial charge is 0.339 e. The molecule has 1 heterocycles. The van der Waals surface area contributed by atoms with Gasteiger partial charge in [-0.1, -0.05) is 42.1 Å². The molecule has 0 atom stereocenters. The van der Waals surface area contributed by atoms with Crippen LogP contribution in [-0.2, 0) is 14.9 Å². The number of thiocarbonyl (C=S) groups is 1. The van der Waals surface area contributed by atoms with Crippen LogP contribution in [0.4, 0.5) is 5.69 Å². The van der Waals surface area contributed by atoms with E-state index in [4.69, 9.17) is 21.1 Å². The SMILES string of the molecule is COc1cc(/C=C2\SC(=S)N(NC(=O)c3ccccc3)C2=O)ccc1OS(=O)(=O)c1ccc(C)c([N+](=O)[O-])c1. The molecule has 0 spiro atoms. The first-order valence-electron chi connectivity index (χ1n) is 11.0. The number of nitro groups is 1. The van der Waals surface area contributed by atoms with Crippen molar-refractivity contribution in [3.63, 3.8) is 0 Å². The van der Waals surface area contributed by atoms with Crippen molar-refractivity contribution in [3.05, 3.63) is 98.4 Å². The molecule has 39 heavy (non-hydrogen) atoms. The topological polar surface area (TPSA) is 145 Å². The molecule has 1 aliphatic heterocycles. The summed E-state index contributed by atoms with van der Waals surface area (Å²) >= 11 is 6.22. The average Bonchev–Trinajstić information content (AvgIpc) is 3.16. The summed E-state index contributed by atoms with van der Waals surface area (Å²) in [6.07, 6.45) is 1.50. The molecule has 0 saturated carbocycles. The van der Waals surface area contributed by atoms with Crippen molar-refractivity contribution in [3.8, 4) is 11.5 Å². The maximum absolute atomic E-state index is 12.9. The number of nitrogens with one attached hydrogen (secondary N) is 1. The van der Waals surface area contributed by atoms with Crippen molar-refractivity contribution in [1.29, 1.82) is 0 Å². The average molecular weight is 586 g/mol. The molecule has 11 nitrogen and oxygen atoms in total. The van der Waals surface area contributed by atoms with Gasteiger partial charge in [0.25, 0.3) is 17.5 Å². The summed E-state index contributed by atoms with van der Waals surface area (Å²) in [7, 11) is -3.13. The summed E-state index contributed by atoms with van der Waals surface area (Å²) in [5, 5.41) is 12.2. The van der Waals surface area contributed by atoms with Crippen molar-refractivity contribution < 1.29 is 31.9 Å². The molecule has 1 aliphatic rings. The number of methoxy groups -OCH3 is 1. The van der Waals surface area contributed by atoms with Gasteiger partial charge in [0.05, 0.1) is 16.9 Å². The molecule has 1 fully saturated rings. The highest BCUT2D eigenvalue weighted by molar-refractivity contribution is 8.26. The number of thioether (sulfide) groups is 1. The lowest BCUT2D eigenvalue weighted by molar-refractivity contribution is -0.385. The maximum Gasteiger partial charge on any atom is 0.339 e. The Hall–Kier alpha value is -4.27. The Kier molecular flexibility index (Phi) is 7.99. The van der Waals surface area contributed by atoms with Crippen molar-refractivity contribution in [2.24, 2.45) is 0 Å². The fourth-order valence-corrected chi connectivity index (χ4v) is 5.56. The number of hydrogen-bond acceptors (Lipinski definition) is 10. The van der Waals surface area contributed by atoms with Crippen LogP contribution in [0, 0.1) is 17.0 Å². The van der Waals surface area contributed by atoms with Crippen LogP contribution >= 0.6 is 24.0 Å². The van der Waals surface area contributed by atoms with Crippen LogP contribution in [-0.4, -0.2) is 41.6 Å². The molecule has 0 aromatic heterocycles. The first-order chi connectivity index (χ1) is 18.5. The Morgan fingerprint density at radius 3 is 2.49 bits per heavy atom. The summed E-state index contributed by atoms with van der Waals surface area (Å²) in [4.78, 5) is 35.7. The number of carbonyl (C=O) groups is 2. The van der Waals surface area contributed by atoms with Crippen LogP contribution in [0.25, 0.3) is 6.08 Å². The number of aryl methyl sites for hydroxylation is 1. The molecule has 0 radical (unpaired) electrons. The summed E-state index contributed by atoms with van der Waals surface area (Å²) in [6.45, 7) is 1.49. The Balaban J connectivity index is 1.54. The number of benzene rings is 3. The molecule has 2 amide bonds. The Labute approximate surface area is 232 Å². The largest absolute Gasteiger partial charge is 0.493 e. The van der Waals surface area contributed by atoms with Crippen LogP contribution in [0.2, 0.25) is 0 Å². The number of nitrogens with zero attached hydrogens (tertiary/aromatic N) is 2. The zero-order valence-electron chi connectivity index (χ0n) is 20.3. The molecule has 200 valence electrons. The van der Waals surface area contributed by atoms with Crippen LogP contribution in [0.1, 0.15) is 21.5 Å². The summed E-state index contributed by atoms with van der Waals surface area (Å²) in [5.41, 5.74) is 3.23. The highest BCUT2D eigenvalue weighted by atomic mass is 32.2. The molecular weight excluding hydrogens is 566 g/mol. The van der Waals surface area contributed by atoms with Gasteiger partial charge in [-0.05, 0) is 61.1 Å². The first-order valence-corrected chi connectivity index (χ1v) is 13.6. The van der Waals surface area contributed by atoms with Gasteiger partial charge in [-0.2, -0.15) is 13.4 Å². The summed E-state index contributed by atoms with van der Waals surface area (Å²) < 4.78 is 36.2. The minimum Gasteiger partial charge on any atom is -0.493 e. The van der Waals surface area contributed by atoms with E-state index in [1.165, 1.54) is 50.4 Å². The first kappa shape index (κ1) is 27.8. The van der Waals surface area contributed by atoms with E-state index in [9.17, 15) is 28.1 Å². The predicted octanol–water partition coefficient (Wildman–Crippen LogP) is 4.23. The number of rotatable bonds is 8. The summed E-state index contributed by atoms with van der Waals surface area (Å²) in [5.74, 6) is -1.18. The van der Waals surface area contributed by atoms with Crippen molar-refractivity contribution in [2.75, 3.05) is 7.11 Å². The Bertz CT molecular complexity index is 1640. The second-order valence-corrected chi connectivity index (χ2v) is 11.2. The number of amides is 2. The fraction of sp³-hybridized carbons (Fsp3) is 0.0800. The number of carbonyl (C=O) groups excluding carboxylic acids is 2. The van der Waals surface area contributed by atoms with Crippen LogP contribution < -0.4 is 14.3 Å². The standard InChI is InChI=1S/C25H19N3O8S3/c1-15-8-10-18(14-19(15)28(31)32)39(33,34)36-20-11-9-16(12-21(20)35-2)13-22-24(30)27(25(37)38-22)26-23(29)17-6-4-3-5-7-17/h3-14H,1-2H3,(H,26,29)/b22-13-. The van der Waals surface area contributed by atoms with Gasteiger partial charge in [-0.3, -0.25) is 25.1 Å². The third kappa shape index (κ3) is 6.08. The van der Waals surface area contributed by atoms with E-state index in [1.54, 1.807) is 30.3 Å². The molecule has 0 bridgehead atoms. The quantitative estimate of drug-likeness (QED) is 0.134. The molecule has 3 aromatic rings. The zero-order valence-corrected chi connectivity index (χ0v) is 22.8. The molecule has 1 saturated heterocycles. The lowest BCUT2D eigenvalue weighted by Crippen LogP contribution is -2.44. The van der Waals surface area contributed by atoms with Crippen LogP contribution in [0.5, 0.6) is 11.5 Å². The minimum absolute atomic E-state index is 0.0294.